The van der Waals surface area contributed by atoms with Gasteiger partial charge in [-0.2, -0.15) is 10.2 Å². The van der Waals surface area contributed by atoms with E-state index in [9.17, 15) is 19.0 Å². The summed E-state index contributed by atoms with van der Waals surface area (Å²) in [4.78, 5) is 0. The van der Waals surface area contributed by atoms with Crippen LogP contribution < -0.4 is 14.8 Å². The molecule has 0 unspecified atom stereocenters. The van der Waals surface area contributed by atoms with Gasteiger partial charge in [0.25, 0.3) is 0 Å². The summed E-state index contributed by atoms with van der Waals surface area (Å²) in [6, 6.07) is 19.6. The molecule has 0 saturated carbocycles. The van der Waals surface area contributed by atoms with Gasteiger partial charge in [0.2, 0.25) is 0 Å². The van der Waals surface area contributed by atoms with E-state index < -0.39 is 11.6 Å². The molecule has 6 rings (SSSR count). The van der Waals surface area contributed by atoms with Crippen molar-refractivity contribution in [3.05, 3.63) is 108 Å². The molecule has 0 aliphatic carbocycles. The minimum Gasteiger partial charge on any atom is -0.457 e. The number of aliphatic hydroxyl groups excluding tert-OH is 2. The van der Waals surface area contributed by atoms with E-state index >= 15 is 0 Å². The minimum atomic E-state index is -0.405. The summed E-state index contributed by atoms with van der Waals surface area (Å²) in [6.45, 7) is 1.24. The highest BCUT2D eigenvalue weighted by Crippen LogP contribution is 2.31. The monoisotopic (exact) mass is 585 g/mol. The molecule has 2 heterocycles. The maximum absolute atomic E-state index is 14.2. The van der Waals surface area contributed by atoms with Gasteiger partial charge in [-0.3, -0.25) is 9.36 Å². The van der Waals surface area contributed by atoms with Crippen LogP contribution in [0.25, 0.3) is 21.8 Å². The van der Waals surface area contributed by atoms with Gasteiger partial charge in [0, 0.05) is 35.0 Å². The quantitative estimate of drug-likeness (QED) is 0.174. The number of halogens is 2. The Balaban J connectivity index is 1.16. The summed E-state index contributed by atoms with van der Waals surface area (Å²) in [5.74, 6) is 1.26. The molecule has 3 N–H and O–H groups in total. The van der Waals surface area contributed by atoms with Crippen molar-refractivity contribution in [2.24, 2.45) is 0 Å². The fraction of sp³-hybridized carbons (Fsp3) is 0.188. The highest BCUT2D eigenvalue weighted by Gasteiger charge is 2.12. The Kier molecular flexibility index (Phi) is 8.27. The molecule has 2 aromatic heterocycles. The lowest BCUT2D eigenvalue weighted by Crippen LogP contribution is -2.14. The summed E-state index contributed by atoms with van der Waals surface area (Å²) < 4.78 is 44.1. The van der Waals surface area contributed by atoms with E-state index in [-0.39, 0.29) is 26.3 Å². The van der Waals surface area contributed by atoms with Crippen molar-refractivity contribution in [3.8, 4) is 23.0 Å². The first-order chi connectivity index (χ1) is 21.0. The number of aromatic nitrogens is 4. The molecule has 11 heteroatoms. The lowest BCUT2D eigenvalue weighted by molar-refractivity contribution is 0.271. The highest BCUT2D eigenvalue weighted by atomic mass is 19.1. The standard InChI is InChI=1S/C32H29F2N5O4/c33-25-1-7-31(42-27-3-5-29-21(15-27)19-36-38(29)9-11-40)23(13-25)17-35-18-24-14-26(34)2-8-32(24)43-28-4-6-30-22(16-28)20-37-39(30)10-12-41/h1-8,13-16,19-20,35,40-41H,9-12,17-18H2. The number of hydrogen-bond acceptors (Lipinski definition) is 7. The smallest absolute Gasteiger partial charge is 0.132 e. The molecule has 0 spiro atoms. The third-order valence-corrected chi connectivity index (χ3v) is 6.98. The van der Waals surface area contributed by atoms with Crippen molar-refractivity contribution in [2.75, 3.05) is 13.2 Å². The van der Waals surface area contributed by atoms with Crippen molar-refractivity contribution in [1.82, 2.24) is 24.9 Å². The van der Waals surface area contributed by atoms with Crippen LogP contribution in [0.2, 0.25) is 0 Å². The summed E-state index contributed by atoms with van der Waals surface area (Å²) >= 11 is 0. The fourth-order valence-electron chi connectivity index (χ4n) is 4.96. The van der Waals surface area contributed by atoms with Gasteiger partial charge < -0.3 is 25.0 Å². The van der Waals surface area contributed by atoms with E-state index in [2.05, 4.69) is 15.5 Å². The fourth-order valence-corrected chi connectivity index (χ4v) is 4.96. The molecule has 0 atom stereocenters. The van der Waals surface area contributed by atoms with Crippen molar-refractivity contribution in [3.63, 3.8) is 0 Å². The highest BCUT2D eigenvalue weighted by molar-refractivity contribution is 5.81. The second-order valence-electron chi connectivity index (χ2n) is 9.94. The average molecular weight is 586 g/mol. The van der Waals surface area contributed by atoms with Crippen LogP contribution >= 0.6 is 0 Å². The van der Waals surface area contributed by atoms with Crippen molar-refractivity contribution >= 4 is 21.8 Å². The lowest BCUT2D eigenvalue weighted by Gasteiger charge is -2.15. The number of fused-ring (bicyclic) bond motifs is 2. The van der Waals surface area contributed by atoms with Crippen LogP contribution in [0.4, 0.5) is 8.78 Å². The molecule has 43 heavy (non-hydrogen) atoms. The maximum Gasteiger partial charge on any atom is 0.132 e. The Morgan fingerprint density at radius 2 is 1.09 bits per heavy atom. The number of hydrogen-bond donors (Lipinski definition) is 3. The first kappa shape index (κ1) is 28.3. The number of benzene rings is 4. The van der Waals surface area contributed by atoms with E-state index in [1.165, 1.54) is 24.3 Å². The minimum absolute atomic E-state index is 0.0153. The van der Waals surface area contributed by atoms with Crippen LogP contribution in [0.5, 0.6) is 23.0 Å². The zero-order valence-corrected chi connectivity index (χ0v) is 23.1. The Bertz CT molecular complexity index is 1750. The summed E-state index contributed by atoms with van der Waals surface area (Å²) in [5.41, 5.74) is 2.90. The Morgan fingerprint density at radius 1 is 0.628 bits per heavy atom. The number of rotatable bonds is 12. The second-order valence-corrected chi connectivity index (χ2v) is 9.94. The number of nitrogens with one attached hydrogen (secondary N) is 1. The van der Waals surface area contributed by atoms with Gasteiger partial charge in [-0.1, -0.05) is 0 Å². The van der Waals surface area contributed by atoms with E-state index in [4.69, 9.17) is 9.47 Å². The molecule has 0 aliphatic rings. The molecule has 9 nitrogen and oxygen atoms in total. The molecule has 0 saturated heterocycles. The second kappa shape index (κ2) is 12.6. The number of aliphatic hydroxyl groups is 2. The molecule has 4 aromatic carbocycles. The van der Waals surface area contributed by atoms with Crippen LogP contribution in [0.3, 0.4) is 0 Å². The molecule has 0 amide bonds. The normalized spacial score (nSPS) is 11.4. The van der Waals surface area contributed by atoms with Crippen LogP contribution in [-0.4, -0.2) is 43.0 Å². The number of ether oxygens (including phenoxy) is 2. The summed E-state index contributed by atoms with van der Waals surface area (Å²) in [6.07, 6.45) is 3.40. The van der Waals surface area contributed by atoms with Gasteiger partial charge in [0.15, 0.2) is 0 Å². The molecule has 220 valence electrons. The largest absolute Gasteiger partial charge is 0.457 e. The number of nitrogens with zero attached hydrogens (tertiary/aromatic N) is 4. The van der Waals surface area contributed by atoms with E-state index in [0.717, 1.165) is 21.8 Å². The first-order valence-electron chi connectivity index (χ1n) is 13.8. The van der Waals surface area contributed by atoms with E-state index in [1.807, 2.05) is 24.3 Å². The Morgan fingerprint density at radius 3 is 1.53 bits per heavy atom. The van der Waals surface area contributed by atoms with Crippen LogP contribution in [0.1, 0.15) is 11.1 Å². The van der Waals surface area contributed by atoms with Crippen molar-refractivity contribution < 1.29 is 28.5 Å². The first-order valence-corrected chi connectivity index (χ1v) is 13.8. The van der Waals surface area contributed by atoms with Gasteiger partial charge in [0.1, 0.15) is 34.6 Å². The molecule has 6 aromatic rings. The molecular weight excluding hydrogens is 556 g/mol. The third kappa shape index (κ3) is 6.33. The predicted molar refractivity (Wildman–Crippen MR) is 157 cm³/mol. The van der Waals surface area contributed by atoms with Gasteiger partial charge in [0.05, 0.1) is 49.7 Å². The Labute approximate surface area is 245 Å². The van der Waals surface area contributed by atoms with E-state index in [0.29, 0.717) is 47.2 Å². The summed E-state index contributed by atoms with van der Waals surface area (Å²) in [5, 5.41) is 32.0. The molecule has 0 fully saturated rings. The van der Waals surface area contributed by atoms with Crippen LogP contribution in [-0.2, 0) is 26.2 Å². The molecule has 0 aliphatic heterocycles. The predicted octanol–water partition coefficient (Wildman–Crippen LogP) is 5.52. The maximum atomic E-state index is 14.2. The van der Waals surface area contributed by atoms with Gasteiger partial charge in [-0.15, -0.1) is 0 Å². The van der Waals surface area contributed by atoms with Crippen LogP contribution in [0.15, 0.2) is 85.2 Å². The third-order valence-electron chi connectivity index (χ3n) is 6.98. The summed E-state index contributed by atoms with van der Waals surface area (Å²) in [7, 11) is 0. The zero-order valence-electron chi connectivity index (χ0n) is 23.1. The molecule has 0 bridgehead atoms. The lowest BCUT2D eigenvalue weighted by atomic mass is 10.1. The van der Waals surface area contributed by atoms with Crippen molar-refractivity contribution in [1.29, 1.82) is 0 Å². The van der Waals surface area contributed by atoms with Crippen molar-refractivity contribution in [2.45, 2.75) is 26.2 Å². The molecular formula is C32H29F2N5O4. The average Bonchev–Trinajstić information content (AvgIpc) is 3.59. The topological polar surface area (TPSA) is 107 Å². The zero-order chi connectivity index (χ0) is 29.8. The van der Waals surface area contributed by atoms with Gasteiger partial charge in [-0.25, -0.2) is 8.78 Å². The Hall–Kier alpha value is -4.84. The van der Waals surface area contributed by atoms with E-state index in [1.54, 1.807) is 46.0 Å². The molecule has 0 radical (unpaired) electrons. The van der Waals surface area contributed by atoms with Gasteiger partial charge in [-0.05, 0) is 72.8 Å². The van der Waals surface area contributed by atoms with Crippen LogP contribution in [0, 0.1) is 11.6 Å². The van der Waals surface area contributed by atoms with Gasteiger partial charge >= 0.3 is 0 Å². The SMILES string of the molecule is OCCn1ncc2cc(Oc3ccc(F)cc3CNCc3cc(F)ccc3Oc3ccc4c(cnn4CCO)c3)ccc21.